The van der Waals surface area contributed by atoms with Crippen molar-refractivity contribution in [3.05, 3.63) is 33.8 Å². The Labute approximate surface area is 124 Å². The number of hydrogen-bond acceptors (Lipinski definition) is 5. The second kappa shape index (κ2) is 5.15. The number of nitrogens with zero attached hydrogens (tertiary/aromatic N) is 1. The lowest BCUT2D eigenvalue weighted by Crippen LogP contribution is -2.25. The molecule has 102 valence electrons. The lowest BCUT2D eigenvalue weighted by molar-refractivity contribution is -0.118. The first-order chi connectivity index (χ1) is 9.61. The number of hydrogen-bond donors (Lipinski definition) is 2. The molecule has 1 aromatic carbocycles. The predicted octanol–water partition coefficient (Wildman–Crippen LogP) is 2.88. The van der Waals surface area contributed by atoms with E-state index < -0.39 is 0 Å². The second-order valence-corrected chi connectivity index (χ2v) is 5.45. The van der Waals surface area contributed by atoms with Gasteiger partial charge in [0.05, 0.1) is 16.4 Å². The van der Waals surface area contributed by atoms with Crippen molar-refractivity contribution in [1.29, 1.82) is 0 Å². The Morgan fingerprint density at radius 3 is 3.05 bits per heavy atom. The summed E-state index contributed by atoms with van der Waals surface area (Å²) < 4.78 is 5.35. The first-order valence-corrected chi connectivity index (χ1v) is 7.03. The Morgan fingerprint density at radius 1 is 1.45 bits per heavy atom. The Bertz CT molecular complexity index is 712. The van der Waals surface area contributed by atoms with Gasteiger partial charge in [-0.2, -0.15) is 0 Å². The number of amides is 1. The molecule has 0 saturated carbocycles. The lowest BCUT2D eigenvalue weighted by atomic mass is 10.1. The maximum atomic E-state index is 11.2. The zero-order valence-corrected chi connectivity index (χ0v) is 11.8. The van der Waals surface area contributed by atoms with Crippen molar-refractivity contribution in [2.75, 3.05) is 17.7 Å². The average molecular weight is 308 g/mol. The van der Waals surface area contributed by atoms with Gasteiger partial charge in [-0.3, -0.25) is 4.79 Å². The largest absolute Gasteiger partial charge is 0.482 e. The highest BCUT2D eigenvalue weighted by atomic mass is 35.5. The number of ether oxygens (including phenoxy) is 1. The van der Waals surface area contributed by atoms with E-state index in [2.05, 4.69) is 10.3 Å². The summed E-state index contributed by atoms with van der Waals surface area (Å²) >= 11 is 7.56. The second-order valence-electron chi connectivity index (χ2n) is 4.15. The number of aromatic nitrogens is 1. The van der Waals surface area contributed by atoms with Crippen LogP contribution in [-0.2, 0) is 4.79 Å². The Hall–Kier alpha value is -2.05. The third-order valence-electron chi connectivity index (χ3n) is 2.71. The number of nitrogens with two attached hydrogens (primary N) is 1. The van der Waals surface area contributed by atoms with Crippen LogP contribution in [0.25, 0.3) is 12.2 Å². The van der Waals surface area contributed by atoms with E-state index in [1.165, 1.54) is 11.3 Å². The molecule has 1 aliphatic rings. The zero-order chi connectivity index (χ0) is 14.1. The summed E-state index contributed by atoms with van der Waals surface area (Å²) in [4.78, 5) is 15.4. The van der Waals surface area contributed by atoms with Gasteiger partial charge in [-0.25, -0.2) is 4.98 Å². The van der Waals surface area contributed by atoms with Crippen molar-refractivity contribution in [3.8, 4) is 5.75 Å². The molecule has 20 heavy (non-hydrogen) atoms. The first-order valence-electron chi connectivity index (χ1n) is 5.77. The van der Waals surface area contributed by atoms with Gasteiger partial charge in [-0.1, -0.05) is 17.7 Å². The molecule has 0 fully saturated rings. The molecule has 0 aliphatic carbocycles. The molecule has 0 spiro atoms. The van der Waals surface area contributed by atoms with E-state index >= 15 is 0 Å². The van der Waals surface area contributed by atoms with Crippen molar-refractivity contribution in [2.45, 2.75) is 0 Å². The number of rotatable bonds is 2. The quantitative estimate of drug-likeness (QED) is 0.894. The number of nitrogens with one attached hydrogen (secondary N) is 1. The molecule has 5 nitrogen and oxygen atoms in total. The molecule has 1 amide bonds. The van der Waals surface area contributed by atoms with Crippen molar-refractivity contribution in [1.82, 2.24) is 4.98 Å². The Morgan fingerprint density at radius 2 is 2.30 bits per heavy atom. The normalized spacial score (nSPS) is 13.9. The maximum absolute atomic E-state index is 11.2. The monoisotopic (exact) mass is 307 g/mol. The summed E-state index contributed by atoms with van der Waals surface area (Å²) in [5, 5.41) is 5.60. The highest BCUT2D eigenvalue weighted by Gasteiger charge is 2.17. The van der Waals surface area contributed by atoms with Gasteiger partial charge >= 0.3 is 0 Å². The van der Waals surface area contributed by atoms with E-state index in [1.807, 2.05) is 17.5 Å². The minimum Gasteiger partial charge on any atom is -0.482 e. The Balaban J connectivity index is 1.90. The molecule has 0 unspecified atom stereocenters. The third kappa shape index (κ3) is 2.61. The predicted molar refractivity (Wildman–Crippen MR) is 81.0 cm³/mol. The molecule has 0 atom stereocenters. The van der Waals surface area contributed by atoms with Crippen molar-refractivity contribution in [3.63, 3.8) is 0 Å². The molecular weight excluding hydrogens is 298 g/mol. The molecule has 2 aromatic rings. The zero-order valence-electron chi connectivity index (χ0n) is 10.2. The Kier molecular flexibility index (Phi) is 3.33. The number of fused-ring (bicyclic) bond motifs is 1. The maximum Gasteiger partial charge on any atom is 0.262 e. The summed E-state index contributed by atoms with van der Waals surface area (Å²) in [6.07, 6.45) is 3.65. The van der Waals surface area contributed by atoms with Gasteiger partial charge < -0.3 is 15.8 Å². The highest BCUT2D eigenvalue weighted by Crippen LogP contribution is 2.34. The smallest absolute Gasteiger partial charge is 0.262 e. The number of thiazole rings is 1. The topological polar surface area (TPSA) is 77.2 Å². The number of carbonyl (C=O) groups excluding carboxylic acids is 1. The lowest BCUT2D eigenvalue weighted by Gasteiger charge is -2.18. The van der Waals surface area contributed by atoms with E-state index in [0.717, 1.165) is 11.3 Å². The van der Waals surface area contributed by atoms with Gasteiger partial charge in [-0.05, 0) is 23.8 Å². The standard InChI is InChI=1S/C13H10ClN3O2S/c14-9-4-10-11(19-5-12(18)17-10)3-7(9)1-2-8-6-20-13(15)16-8/h1-4,6H,5H2,(H2,15,16)(H,17,18). The first kappa shape index (κ1) is 13.0. The van der Waals surface area contributed by atoms with Gasteiger partial charge in [0.15, 0.2) is 11.7 Å². The number of halogens is 1. The van der Waals surface area contributed by atoms with Crippen LogP contribution in [0, 0.1) is 0 Å². The fourth-order valence-electron chi connectivity index (χ4n) is 1.80. The molecule has 3 rings (SSSR count). The van der Waals surface area contributed by atoms with Crippen molar-refractivity contribution in [2.24, 2.45) is 0 Å². The number of anilines is 2. The number of carbonyl (C=O) groups is 1. The van der Waals surface area contributed by atoms with Gasteiger partial charge in [-0.15, -0.1) is 11.3 Å². The van der Waals surface area contributed by atoms with Crippen LogP contribution in [0.4, 0.5) is 10.8 Å². The SMILES string of the molecule is Nc1nc(C=Cc2cc3c(cc2Cl)NC(=O)CO3)cs1. The molecular formula is C13H10ClN3O2S. The summed E-state index contributed by atoms with van der Waals surface area (Å²) in [5.41, 5.74) is 7.71. The van der Waals surface area contributed by atoms with Crippen molar-refractivity contribution >= 4 is 51.8 Å². The summed E-state index contributed by atoms with van der Waals surface area (Å²) in [6, 6.07) is 3.45. The van der Waals surface area contributed by atoms with Crippen LogP contribution >= 0.6 is 22.9 Å². The van der Waals surface area contributed by atoms with E-state index in [1.54, 1.807) is 12.1 Å². The minimum absolute atomic E-state index is 0.0143. The van der Waals surface area contributed by atoms with E-state index in [9.17, 15) is 4.79 Å². The van der Waals surface area contributed by atoms with E-state index in [-0.39, 0.29) is 12.5 Å². The number of benzene rings is 1. The van der Waals surface area contributed by atoms with Crippen molar-refractivity contribution < 1.29 is 9.53 Å². The molecule has 0 saturated heterocycles. The van der Waals surface area contributed by atoms with Crippen LogP contribution in [0.2, 0.25) is 5.02 Å². The fourth-order valence-corrected chi connectivity index (χ4v) is 2.55. The average Bonchev–Trinajstić information content (AvgIpc) is 2.82. The van der Waals surface area contributed by atoms with Crippen LogP contribution in [0.1, 0.15) is 11.3 Å². The van der Waals surface area contributed by atoms with Gasteiger partial charge in [0.1, 0.15) is 5.75 Å². The summed E-state index contributed by atoms with van der Waals surface area (Å²) in [6.45, 7) is 0.0143. The van der Waals surface area contributed by atoms with Crippen LogP contribution in [-0.4, -0.2) is 17.5 Å². The minimum atomic E-state index is -0.185. The van der Waals surface area contributed by atoms with Crippen LogP contribution in [0.5, 0.6) is 5.75 Å². The van der Waals surface area contributed by atoms with Gasteiger partial charge in [0.25, 0.3) is 5.91 Å². The van der Waals surface area contributed by atoms with E-state index in [4.69, 9.17) is 22.1 Å². The van der Waals surface area contributed by atoms with E-state index in [0.29, 0.717) is 21.6 Å². The van der Waals surface area contributed by atoms with Gasteiger partial charge in [0.2, 0.25) is 0 Å². The van der Waals surface area contributed by atoms with Crippen LogP contribution < -0.4 is 15.8 Å². The molecule has 1 aliphatic heterocycles. The number of nitrogen functional groups attached to an aromatic ring is 1. The molecule has 1 aromatic heterocycles. The third-order valence-corrected chi connectivity index (χ3v) is 3.72. The molecule has 7 heteroatoms. The van der Waals surface area contributed by atoms with Crippen LogP contribution in [0.3, 0.4) is 0 Å². The molecule has 2 heterocycles. The highest BCUT2D eigenvalue weighted by molar-refractivity contribution is 7.13. The summed E-state index contributed by atoms with van der Waals surface area (Å²) in [7, 11) is 0. The van der Waals surface area contributed by atoms with Crippen LogP contribution in [0.15, 0.2) is 17.5 Å². The molecule has 3 N–H and O–H groups in total. The molecule has 0 bridgehead atoms. The van der Waals surface area contributed by atoms with Gasteiger partial charge in [0, 0.05) is 5.38 Å². The fraction of sp³-hybridized carbons (Fsp3) is 0.0769. The molecule has 0 radical (unpaired) electrons. The summed E-state index contributed by atoms with van der Waals surface area (Å²) in [5.74, 6) is 0.418.